The zero-order valence-electron chi connectivity index (χ0n) is 22.4. The Morgan fingerprint density at radius 2 is 1.66 bits per heavy atom. The molecule has 1 amide bonds. The Morgan fingerprint density at radius 3 is 2.32 bits per heavy atom. The smallest absolute Gasteiger partial charge is 0.412 e. The largest absolute Gasteiger partial charge is 0.485 e. The van der Waals surface area contributed by atoms with Crippen LogP contribution >= 0.6 is 11.6 Å². The fourth-order valence-corrected chi connectivity index (χ4v) is 5.41. The van der Waals surface area contributed by atoms with Gasteiger partial charge in [0.25, 0.3) is 0 Å². The first-order valence-corrected chi connectivity index (χ1v) is 13.6. The first kappa shape index (κ1) is 26.7. The fourth-order valence-electron chi connectivity index (χ4n) is 5.12. The quantitative estimate of drug-likeness (QED) is 0.238. The average molecular weight is 575 g/mol. The number of carbonyl (C=O) groups is 2. The van der Waals surface area contributed by atoms with Gasteiger partial charge in [-0.05, 0) is 56.0 Å². The second kappa shape index (κ2) is 10.5. The summed E-state index contributed by atoms with van der Waals surface area (Å²) in [7, 11) is 0. The van der Waals surface area contributed by atoms with E-state index in [2.05, 4.69) is 10.5 Å². The highest BCUT2D eigenvalue weighted by atomic mass is 35.5. The maximum Gasteiger partial charge on any atom is 0.412 e. The average Bonchev–Trinajstić information content (AvgIpc) is 3.72. The van der Waals surface area contributed by atoms with E-state index in [1.165, 1.54) is 0 Å². The summed E-state index contributed by atoms with van der Waals surface area (Å²) < 4.78 is 23.3. The number of nitrogens with one attached hydrogen (secondary N) is 1. The highest BCUT2D eigenvalue weighted by Gasteiger charge is 2.51. The molecular weight excluding hydrogens is 548 g/mol. The van der Waals surface area contributed by atoms with Gasteiger partial charge in [0.05, 0.1) is 11.0 Å². The van der Waals surface area contributed by atoms with Gasteiger partial charge in [-0.2, -0.15) is 0 Å². The number of rotatable bonds is 7. The molecule has 6 rings (SSSR count). The van der Waals surface area contributed by atoms with E-state index in [0.717, 1.165) is 16.7 Å². The predicted molar refractivity (Wildman–Crippen MR) is 152 cm³/mol. The number of anilines is 1. The van der Waals surface area contributed by atoms with Gasteiger partial charge in [0.15, 0.2) is 17.3 Å². The summed E-state index contributed by atoms with van der Waals surface area (Å²) in [6.45, 7) is 4.14. The van der Waals surface area contributed by atoms with E-state index in [1.54, 1.807) is 32.0 Å². The van der Waals surface area contributed by atoms with Crippen LogP contribution in [0.15, 0.2) is 65.2 Å². The molecule has 210 valence electrons. The molecule has 2 N–H and O–H groups in total. The summed E-state index contributed by atoms with van der Waals surface area (Å²) in [6.07, 6.45) is -0.0000983. The number of fused-ring (bicyclic) bond motifs is 1. The lowest BCUT2D eigenvalue weighted by Gasteiger charge is -2.23. The molecule has 10 heteroatoms. The van der Waals surface area contributed by atoms with Gasteiger partial charge in [-0.3, -0.25) is 10.1 Å². The third-order valence-corrected chi connectivity index (χ3v) is 7.90. The Hall–Kier alpha value is -4.50. The van der Waals surface area contributed by atoms with Crippen LogP contribution < -0.4 is 14.8 Å². The molecule has 3 aromatic carbocycles. The van der Waals surface area contributed by atoms with Crippen molar-refractivity contribution < 1.29 is 33.4 Å². The standard InChI is InChI=1S/C31H27ClN2O7/c1-17-25(33-30(37)40-18(2)21-5-3-4-6-24(21)32)26(41-34-17)23-12-11-22(27-28(23)39-16-15-38-27)19-7-9-20(10-8-19)31(13-14-31)29(35)36/h3-12,18H,13-16H2,1-2H3,(H,33,37)(H,35,36). The monoisotopic (exact) mass is 574 g/mol. The van der Waals surface area contributed by atoms with E-state index in [9.17, 15) is 14.7 Å². The van der Waals surface area contributed by atoms with Crippen LogP contribution in [-0.2, 0) is 14.9 Å². The molecule has 41 heavy (non-hydrogen) atoms. The normalized spacial score (nSPS) is 15.6. The highest BCUT2D eigenvalue weighted by molar-refractivity contribution is 6.31. The zero-order chi connectivity index (χ0) is 28.7. The molecule has 1 unspecified atom stereocenters. The minimum Gasteiger partial charge on any atom is -0.485 e. The molecule has 2 heterocycles. The van der Waals surface area contributed by atoms with E-state index in [0.29, 0.717) is 70.8 Å². The summed E-state index contributed by atoms with van der Waals surface area (Å²) in [5.41, 5.74) is 3.70. The fraction of sp³-hybridized carbons (Fsp3) is 0.258. The first-order valence-electron chi connectivity index (χ1n) is 13.2. The van der Waals surface area contributed by atoms with Crippen LogP contribution in [0.5, 0.6) is 11.5 Å². The van der Waals surface area contributed by atoms with E-state index < -0.39 is 23.6 Å². The SMILES string of the molecule is Cc1noc(-c2ccc(-c3ccc(C4(C(=O)O)CC4)cc3)c3c2OCCO3)c1NC(=O)OC(C)c1ccccc1Cl. The van der Waals surface area contributed by atoms with Crippen molar-refractivity contribution in [2.75, 3.05) is 18.5 Å². The van der Waals surface area contributed by atoms with Crippen molar-refractivity contribution in [3.63, 3.8) is 0 Å². The van der Waals surface area contributed by atoms with Crippen LogP contribution in [0.4, 0.5) is 10.5 Å². The van der Waals surface area contributed by atoms with E-state index >= 15 is 0 Å². The Labute approximate surface area is 241 Å². The lowest BCUT2D eigenvalue weighted by atomic mass is 9.93. The minimum absolute atomic E-state index is 0.297. The van der Waals surface area contributed by atoms with Crippen molar-refractivity contribution in [3.05, 3.63) is 82.5 Å². The van der Waals surface area contributed by atoms with Gasteiger partial charge in [-0.25, -0.2) is 4.79 Å². The topological polar surface area (TPSA) is 120 Å². The maximum absolute atomic E-state index is 12.9. The Kier molecular flexibility index (Phi) is 6.83. The van der Waals surface area contributed by atoms with E-state index in [4.69, 9.17) is 30.3 Å². The number of hydrogen-bond acceptors (Lipinski definition) is 7. The second-order valence-corrected chi connectivity index (χ2v) is 10.6. The summed E-state index contributed by atoms with van der Waals surface area (Å²) in [5, 5.41) is 17.0. The molecule has 1 saturated carbocycles. The summed E-state index contributed by atoms with van der Waals surface area (Å²) in [5.74, 6) is 0.484. The van der Waals surface area contributed by atoms with Gasteiger partial charge in [-0.1, -0.05) is 59.2 Å². The first-order chi connectivity index (χ1) is 19.8. The Balaban J connectivity index is 1.29. The molecule has 0 saturated heterocycles. The van der Waals surface area contributed by atoms with E-state index in [-0.39, 0.29) is 0 Å². The molecule has 1 fully saturated rings. The summed E-state index contributed by atoms with van der Waals surface area (Å²) >= 11 is 6.26. The minimum atomic E-state index is -0.794. The lowest BCUT2D eigenvalue weighted by Crippen LogP contribution is -2.19. The van der Waals surface area contributed by atoms with Gasteiger partial charge in [0, 0.05) is 16.1 Å². The molecule has 1 aliphatic heterocycles. The molecule has 1 aromatic heterocycles. The molecule has 9 nitrogen and oxygen atoms in total. The number of aromatic nitrogens is 1. The number of hydrogen-bond donors (Lipinski definition) is 2. The van der Waals surface area contributed by atoms with Crippen LogP contribution in [0.2, 0.25) is 5.02 Å². The third kappa shape index (κ3) is 4.86. The molecule has 1 atom stereocenters. The van der Waals surface area contributed by atoms with Gasteiger partial charge >= 0.3 is 12.1 Å². The van der Waals surface area contributed by atoms with Crippen molar-refractivity contribution in [3.8, 4) is 33.9 Å². The summed E-state index contributed by atoms with van der Waals surface area (Å²) in [4.78, 5) is 24.6. The number of aryl methyl sites for hydroxylation is 1. The number of nitrogens with zero attached hydrogens (tertiary/aromatic N) is 1. The van der Waals surface area contributed by atoms with Crippen molar-refractivity contribution in [2.24, 2.45) is 0 Å². The van der Waals surface area contributed by atoms with Crippen molar-refractivity contribution in [1.29, 1.82) is 0 Å². The summed E-state index contributed by atoms with van der Waals surface area (Å²) in [6, 6.07) is 18.4. The second-order valence-electron chi connectivity index (χ2n) is 10.1. The third-order valence-electron chi connectivity index (χ3n) is 7.56. The van der Waals surface area contributed by atoms with Crippen LogP contribution in [0.3, 0.4) is 0 Å². The maximum atomic E-state index is 12.9. The highest BCUT2D eigenvalue weighted by Crippen LogP contribution is 2.51. The van der Waals surface area contributed by atoms with Crippen molar-refractivity contribution in [2.45, 2.75) is 38.2 Å². The predicted octanol–water partition coefficient (Wildman–Crippen LogP) is 7.17. The van der Waals surface area contributed by atoms with Gasteiger partial charge in [0.2, 0.25) is 0 Å². The van der Waals surface area contributed by atoms with Gasteiger partial charge in [-0.15, -0.1) is 0 Å². The van der Waals surface area contributed by atoms with E-state index in [1.807, 2.05) is 42.5 Å². The Bertz CT molecular complexity index is 1640. The number of aliphatic carboxylic acids is 1. The number of carboxylic acid groups (broad SMARTS) is 1. The van der Waals surface area contributed by atoms with Crippen molar-refractivity contribution in [1.82, 2.24) is 5.16 Å². The molecule has 1 aliphatic carbocycles. The number of ether oxygens (including phenoxy) is 3. The lowest BCUT2D eigenvalue weighted by molar-refractivity contribution is -0.140. The van der Waals surface area contributed by atoms with Gasteiger partial charge in [0.1, 0.15) is 30.7 Å². The molecular formula is C31H27ClN2O7. The Morgan fingerprint density at radius 1 is 1.00 bits per heavy atom. The van der Waals surface area contributed by atoms with Crippen LogP contribution in [0.1, 0.15) is 42.7 Å². The van der Waals surface area contributed by atoms with Crippen molar-refractivity contribution >= 4 is 29.4 Å². The van der Waals surface area contributed by atoms with Crippen LogP contribution in [0, 0.1) is 6.92 Å². The molecule has 0 spiro atoms. The molecule has 2 aliphatic rings. The van der Waals surface area contributed by atoms with Crippen LogP contribution in [-0.4, -0.2) is 35.5 Å². The number of halogens is 1. The number of carboxylic acids is 1. The number of benzene rings is 3. The molecule has 4 aromatic rings. The van der Waals surface area contributed by atoms with Gasteiger partial charge < -0.3 is 23.8 Å². The number of carbonyl (C=O) groups excluding carboxylic acids is 1. The number of amides is 1. The molecule has 0 bridgehead atoms. The molecule has 0 radical (unpaired) electrons. The zero-order valence-corrected chi connectivity index (χ0v) is 23.2. The van der Waals surface area contributed by atoms with Crippen LogP contribution in [0.25, 0.3) is 22.5 Å².